The van der Waals surface area contributed by atoms with Gasteiger partial charge in [-0.25, -0.2) is 4.98 Å². The van der Waals surface area contributed by atoms with Crippen molar-refractivity contribution in [3.8, 4) is 10.4 Å². The first kappa shape index (κ1) is 15.7. The number of benzene rings is 1. The number of aromatic nitrogens is 2. The summed E-state index contributed by atoms with van der Waals surface area (Å²) in [6.45, 7) is 3.30. The molecule has 120 valence electrons. The molecule has 0 aliphatic rings. The van der Waals surface area contributed by atoms with Crippen LogP contribution in [0.15, 0.2) is 36.7 Å². The molecule has 1 amide bonds. The molecule has 6 heteroatoms. The minimum Gasteiger partial charge on any atom is -0.385 e. The lowest BCUT2D eigenvalue weighted by Crippen LogP contribution is -2.25. The Morgan fingerprint density at radius 3 is 2.78 bits per heavy atom. The lowest BCUT2D eigenvalue weighted by atomic mass is 10.1. The summed E-state index contributed by atoms with van der Waals surface area (Å²) in [6, 6.07) is 8.39. The number of hydrogen-bond donors (Lipinski definition) is 1. The average Bonchev–Trinajstić information content (AvgIpc) is 3.11. The minimum absolute atomic E-state index is 0.145. The van der Waals surface area contributed by atoms with E-state index in [0.29, 0.717) is 18.8 Å². The van der Waals surface area contributed by atoms with Gasteiger partial charge in [0.2, 0.25) is 0 Å². The van der Waals surface area contributed by atoms with Gasteiger partial charge in [0.1, 0.15) is 5.69 Å². The summed E-state index contributed by atoms with van der Waals surface area (Å²) in [7, 11) is 1.65. The fourth-order valence-corrected chi connectivity index (χ4v) is 3.24. The Hall–Kier alpha value is -2.18. The lowest BCUT2D eigenvalue weighted by Gasteiger charge is -2.01. The molecule has 0 aliphatic heterocycles. The van der Waals surface area contributed by atoms with Crippen LogP contribution in [0.25, 0.3) is 15.4 Å². The van der Waals surface area contributed by atoms with Crippen LogP contribution in [-0.2, 0) is 4.74 Å². The van der Waals surface area contributed by atoms with E-state index in [0.717, 1.165) is 21.8 Å². The van der Waals surface area contributed by atoms with E-state index in [1.807, 2.05) is 10.6 Å². The van der Waals surface area contributed by atoms with Crippen molar-refractivity contribution >= 4 is 22.2 Å². The Bertz CT molecular complexity index is 773. The molecule has 2 aromatic heterocycles. The highest BCUT2D eigenvalue weighted by Crippen LogP contribution is 2.28. The summed E-state index contributed by atoms with van der Waals surface area (Å²) in [5, 5.41) is 2.85. The van der Waals surface area contributed by atoms with Crippen LogP contribution < -0.4 is 5.32 Å². The normalized spacial score (nSPS) is 11.0. The van der Waals surface area contributed by atoms with E-state index in [1.54, 1.807) is 24.6 Å². The standard InChI is InChI=1S/C17H19N3O2S/c1-12-4-6-13(7-5-12)15-11-20-10-14(19-17(20)23-15)16(21)18-8-3-9-22-2/h4-7,10-11H,3,8-9H2,1-2H3,(H,18,21). The number of thiazole rings is 1. The number of imidazole rings is 1. The van der Waals surface area contributed by atoms with Crippen LogP contribution in [0.2, 0.25) is 0 Å². The molecule has 23 heavy (non-hydrogen) atoms. The predicted molar refractivity (Wildman–Crippen MR) is 92.1 cm³/mol. The van der Waals surface area contributed by atoms with Gasteiger partial charge in [0, 0.05) is 32.7 Å². The number of carbonyl (C=O) groups excluding carboxylic acids is 1. The van der Waals surface area contributed by atoms with Crippen molar-refractivity contribution in [1.82, 2.24) is 14.7 Å². The van der Waals surface area contributed by atoms with Gasteiger partial charge in [0.05, 0.1) is 4.88 Å². The quantitative estimate of drug-likeness (QED) is 0.707. The number of fused-ring (bicyclic) bond motifs is 1. The summed E-state index contributed by atoms with van der Waals surface area (Å²) in [5.74, 6) is -0.145. The number of amides is 1. The maximum absolute atomic E-state index is 12.0. The Morgan fingerprint density at radius 1 is 1.30 bits per heavy atom. The third-order valence-electron chi connectivity index (χ3n) is 3.54. The second-order valence-corrected chi connectivity index (χ2v) is 6.39. The summed E-state index contributed by atoms with van der Waals surface area (Å²) in [6.07, 6.45) is 4.58. The molecule has 0 atom stereocenters. The number of hydrogen-bond acceptors (Lipinski definition) is 4. The summed E-state index contributed by atoms with van der Waals surface area (Å²) < 4.78 is 6.86. The molecule has 0 spiro atoms. The van der Waals surface area contributed by atoms with Gasteiger partial charge in [0.15, 0.2) is 4.96 Å². The zero-order valence-electron chi connectivity index (χ0n) is 13.2. The van der Waals surface area contributed by atoms with Crippen molar-refractivity contribution in [2.24, 2.45) is 0 Å². The van der Waals surface area contributed by atoms with Crippen LogP contribution >= 0.6 is 11.3 Å². The molecule has 0 fully saturated rings. The zero-order valence-corrected chi connectivity index (χ0v) is 14.0. The maximum atomic E-state index is 12.0. The third-order valence-corrected chi connectivity index (χ3v) is 4.58. The number of aryl methyl sites for hydroxylation is 1. The molecule has 1 N–H and O–H groups in total. The molecule has 0 saturated carbocycles. The smallest absolute Gasteiger partial charge is 0.271 e. The molecule has 3 aromatic rings. The van der Waals surface area contributed by atoms with E-state index in [-0.39, 0.29) is 5.91 Å². The van der Waals surface area contributed by atoms with Gasteiger partial charge in [-0.15, -0.1) is 0 Å². The van der Waals surface area contributed by atoms with Gasteiger partial charge in [-0.2, -0.15) is 0 Å². The first-order chi connectivity index (χ1) is 11.2. The van der Waals surface area contributed by atoms with Crippen molar-refractivity contribution < 1.29 is 9.53 Å². The van der Waals surface area contributed by atoms with Crippen LogP contribution in [0, 0.1) is 6.92 Å². The highest BCUT2D eigenvalue weighted by Gasteiger charge is 2.13. The van der Waals surface area contributed by atoms with Crippen LogP contribution in [0.4, 0.5) is 0 Å². The topological polar surface area (TPSA) is 55.6 Å². The van der Waals surface area contributed by atoms with Gasteiger partial charge >= 0.3 is 0 Å². The molecule has 2 heterocycles. The monoisotopic (exact) mass is 329 g/mol. The maximum Gasteiger partial charge on any atom is 0.271 e. The van der Waals surface area contributed by atoms with Gasteiger partial charge in [0.25, 0.3) is 5.91 Å². The average molecular weight is 329 g/mol. The molecule has 1 aromatic carbocycles. The number of ether oxygens (including phenoxy) is 1. The first-order valence-electron chi connectivity index (χ1n) is 7.50. The summed E-state index contributed by atoms with van der Waals surface area (Å²) in [5.41, 5.74) is 2.85. The molecule has 0 radical (unpaired) electrons. The highest BCUT2D eigenvalue weighted by atomic mass is 32.1. The predicted octanol–water partition coefficient (Wildman–Crippen LogP) is 3.14. The number of carbonyl (C=O) groups is 1. The molecule has 0 unspecified atom stereocenters. The Balaban J connectivity index is 1.72. The molecular formula is C17H19N3O2S. The van der Waals surface area contributed by atoms with Crippen molar-refractivity contribution in [1.29, 1.82) is 0 Å². The number of nitrogens with zero attached hydrogens (tertiary/aromatic N) is 2. The van der Waals surface area contributed by atoms with Crippen molar-refractivity contribution in [2.45, 2.75) is 13.3 Å². The van der Waals surface area contributed by atoms with Gasteiger partial charge in [-0.3, -0.25) is 9.20 Å². The Kier molecular flexibility index (Phi) is 4.73. The first-order valence-corrected chi connectivity index (χ1v) is 8.32. The summed E-state index contributed by atoms with van der Waals surface area (Å²) >= 11 is 1.58. The van der Waals surface area contributed by atoms with Gasteiger partial charge in [-0.1, -0.05) is 41.2 Å². The number of nitrogens with one attached hydrogen (secondary N) is 1. The van der Waals surface area contributed by atoms with Gasteiger partial charge in [-0.05, 0) is 18.9 Å². The minimum atomic E-state index is -0.145. The Morgan fingerprint density at radius 2 is 2.09 bits per heavy atom. The van der Waals surface area contributed by atoms with E-state index in [1.165, 1.54) is 5.56 Å². The van der Waals surface area contributed by atoms with E-state index in [2.05, 4.69) is 41.5 Å². The fourth-order valence-electron chi connectivity index (χ4n) is 2.27. The van der Waals surface area contributed by atoms with E-state index in [4.69, 9.17) is 4.74 Å². The summed E-state index contributed by atoms with van der Waals surface area (Å²) in [4.78, 5) is 18.4. The largest absolute Gasteiger partial charge is 0.385 e. The SMILES string of the molecule is COCCCNC(=O)c1cn2cc(-c3ccc(C)cc3)sc2n1. The zero-order chi connectivity index (χ0) is 16.2. The Labute approximate surface area is 138 Å². The van der Waals surface area contributed by atoms with E-state index < -0.39 is 0 Å². The number of rotatable bonds is 6. The van der Waals surface area contributed by atoms with Crippen LogP contribution in [0.1, 0.15) is 22.5 Å². The number of methoxy groups -OCH3 is 1. The van der Waals surface area contributed by atoms with Crippen molar-refractivity contribution in [3.63, 3.8) is 0 Å². The molecule has 0 aliphatic carbocycles. The third kappa shape index (κ3) is 3.60. The van der Waals surface area contributed by atoms with Gasteiger partial charge < -0.3 is 10.1 Å². The van der Waals surface area contributed by atoms with Crippen molar-refractivity contribution in [3.05, 3.63) is 47.9 Å². The molecule has 5 nitrogen and oxygen atoms in total. The fraction of sp³-hybridized carbons (Fsp3) is 0.294. The van der Waals surface area contributed by atoms with E-state index in [9.17, 15) is 4.79 Å². The lowest BCUT2D eigenvalue weighted by molar-refractivity contribution is 0.0944. The highest BCUT2D eigenvalue weighted by molar-refractivity contribution is 7.20. The second-order valence-electron chi connectivity index (χ2n) is 5.38. The van der Waals surface area contributed by atoms with Crippen LogP contribution in [0.5, 0.6) is 0 Å². The molecular weight excluding hydrogens is 310 g/mol. The van der Waals surface area contributed by atoms with Crippen molar-refractivity contribution in [2.75, 3.05) is 20.3 Å². The molecule has 0 saturated heterocycles. The second kappa shape index (κ2) is 6.93. The molecule has 0 bridgehead atoms. The van der Waals surface area contributed by atoms with E-state index >= 15 is 0 Å². The van der Waals surface area contributed by atoms with Crippen LogP contribution in [-0.4, -0.2) is 35.6 Å². The molecule has 3 rings (SSSR count). The van der Waals surface area contributed by atoms with Crippen LogP contribution in [0.3, 0.4) is 0 Å².